The van der Waals surface area contributed by atoms with Gasteiger partial charge in [0.15, 0.2) is 0 Å². The lowest BCUT2D eigenvalue weighted by Gasteiger charge is -2.10. The summed E-state index contributed by atoms with van der Waals surface area (Å²) in [7, 11) is 0. The van der Waals surface area contributed by atoms with Crippen molar-refractivity contribution < 1.29 is 9.47 Å². The van der Waals surface area contributed by atoms with E-state index in [1.54, 1.807) is 0 Å². The second-order valence-electron chi connectivity index (χ2n) is 3.55. The van der Waals surface area contributed by atoms with Gasteiger partial charge in [-0.25, -0.2) is 9.97 Å². The maximum Gasteiger partial charge on any atom is 0.232 e. The quantitative estimate of drug-likeness (QED) is 0.779. The lowest BCUT2D eigenvalue weighted by Crippen LogP contribution is -2.17. The van der Waals surface area contributed by atoms with Gasteiger partial charge in [0, 0.05) is 6.61 Å². The summed E-state index contributed by atoms with van der Waals surface area (Å²) in [6, 6.07) is 0. The zero-order valence-corrected chi connectivity index (χ0v) is 9.57. The minimum atomic E-state index is 0.178. The minimum absolute atomic E-state index is 0.178. The van der Waals surface area contributed by atoms with Crippen LogP contribution in [0, 0.1) is 0 Å². The monoisotopic (exact) mass is 239 g/mol. The molecule has 1 aliphatic heterocycles. The average molecular weight is 239 g/mol. The molecule has 1 aromatic heterocycles. The molecule has 1 fully saturated rings. The molecule has 1 unspecified atom stereocenters. The third-order valence-electron chi connectivity index (χ3n) is 2.32. The Morgan fingerprint density at radius 2 is 2.44 bits per heavy atom. The molecule has 2 heterocycles. The van der Waals surface area contributed by atoms with Crippen molar-refractivity contribution in [1.29, 1.82) is 0 Å². The van der Waals surface area contributed by atoms with Crippen molar-refractivity contribution in [1.82, 2.24) is 9.97 Å². The third-order valence-corrected chi connectivity index (χ3v) is 2.53. The summed E-state index contributed by atoms with van der Waals surface area (Å²) >= 11 is 4.77. The lowest BCUT2D eigenvalue weighted by atomic mass is 10.2. The van der Waals surface area contributed by atoms with E-state index in [1.807, 2.05) is 0 Å². The highest BCUT2D eigenvalue weighted by molar-refractivity contribution is 7.80. The second-order valence-corrected chi connectivity index (χ2v) is 3.99. The Balaban J connectivity index is 1.87. The first-order chi connectivity index (χ1) is 7.75. The molecule has 86 valence electrons. The molecule has 1 aliphatic rings. The summed E-state index contributed by atoms with van der Waals surface area (Å²) in [6.45, 7) is 1.33. The SMILES string of the molecule is NC(=S)c1cnc(OCC2CCCO2)cn1. The molecule has 1 atom stereocenters. The Hall–Kier alpha value is -1.27. The molecule has 1 aromatic rings. The number of thiocarbonyl (C=S) groups is 1. The predicted molar refractivity (Wildman–Crippen MR) is 62.4 cm³/mol. The molecule has 0 bridgehead atoms. The largest absolute Gasteiger partial charge is 0.474 e. The van der Waals surface area contributed by atoms with Crippen LogP contribution in [0.5, 0.6) is 5.88 Å². The summed E-state index contributed by atoms with van der Waals surface area (Å²) in [5, 5.41) is 0. The Morgan fingerprint density at radius 3 is 3.00 bits per heavy atom. The van der Waals surface area contributed by atoms with E-state index in [2.05, 4.69) is 9.97 Å². The van der Waals surface area contributed by atoms with Crippen LogP contribution in [0.15, 0.2) is 12.4 Å². The second kappa shape index (κ2) is 5.18. The van der Waals surface area contributed by atoms with E-state index in [-0.39, 0.29) is 11.1 Å². The number of ether oxygens (including phenoxy) is 2. The summed E-state index contributed by atoms with van der Waals surface area (Å²) in [6.07, 6.45) is 5.34. The molecule has 0 radical (unpaired) electrons. The molecule has 5 nitrogen and oxygen atoms in total. The number of aromatic nitrogens is 2. The summed E-state index contributed by atoms with van der Waals surface area (Å²) in [4.78, 5) is 8.32. The van der Waals surface area contributed by atoms with Gasteiger partial charge in [-0.2, -0.15) is 0 Å². The van der Waals surface area contributed by atoms with E-state index in [1.165, 1.54) is 12.4 Å². The van der Waals surface area contributed by atoms with Crippen molar-refractivity contribution in [2.75, 3.05) is 13.2 Å². The van der Waals surface area contributed by atoms with Gasteiger partial charge in [-0.15, -0.1) is 0 Å². The van der Waals surface area contributed by atoms with Gasteiger partial charge in [0.05, 0.1) is 18.5 Å². The van der Waals surface area contributed by atoms with Gasteiger partial charge in [-0.3, -0.25) is 0 Å². The predicted octanol–water partition coefficient (Wildman–Crippen LogP) is 0.669. The number of rotatable bonds is 4. The molecule has 2 rings (SSSR count). The summed E-state index contributed by atoms with van der Waals surface area (Å²) < 4.78 is 10.9. The zero-order chi connectivity index (χ0) is 11.4. The number of nitrogens with two attached hydrogens (primary N) is 1. The molecular weight excluding hydrogens is 226 g/mol. The van der Waals surface area contributed by atoms with Crippen molar-refractivity contribution in [2.24, 2.45) is 5.73 Å². The third kappa shape index (κ3) is 2.86. The van der Waals surface area contributed by atoms with Crippen LogP contribution in [0.3, 0.4) is 0 Å². The highest BCUT2D eigenvalue weighted by Gasteiger charge is 2.16. The van der Waals surface area contributed by atoms with E-state index < -0.39 is 0 Å². The van der Waals surface area contributed by atoms with Crippen LogP contribution in [-0.2, 0) is 4.74 Å². The van der Waals surface area contributed by atoms with Crippen LogP contribution < -0.4 is 10.5 Å². The molecule has 1 saturated heterocycles. The van der Waals surface area contributed by atoms with Crippen LogP contribution in [0.1, 0.15) is 18.5 Å². The summed E-state index contributed by atoms with van der Waals surface area (Å²) in [5.41, 5.74) is 5.90. The Labute approximate surface area is 99.0 Å². The zero-order valence-electron chi connectivity index (χ0n) is 8.76. The fourth-order valence-electron chi connectivity index (χ4n) is 1.47. The first kappa shape index (κ1) is 11.2. The Morgan fingerprint density at radius 1 is 1.56 bits per heavy atom. The topological polar surface area (TPSA) is 70.3 Å². The fraction of sp³-hybridized carbons (Fsp3) is 0.500. The molecule has 0 spiro atoms. The van der Waals surface area contributed by atoms with E-state index in [0.29, 0.717) is 18.2 Å². The molecule has 6 heteroatoms. The standard InChI is InChI=1S/C10H13N3O2S/c11-10(16)8-4-13-9(5-12-8)15-6-7-2-1-3-14-7/h4-5,7H,1-3,6H2,(H2,11,16). The van der Waals surface area contributed by atoms with Crippen LogP contribution in [0.2, 0.25) is 0 Å². The first-order valence-corrected chi connectivity index (χ1v) is 5.53. The average Bonchev–Trinajstić information content (AvgIpc) is 2.80. The van der Waals surface area contributed by atoms with E-state index in [4.69, 9.17) is 27.4 Å². The Bertz CT molecular complexity index is 363. The van der Waals surface area contributed by atoms with Crippen LogP contribution >= 0.6 is 12.2 Å². The Kier molecular flexibility index (Phi) is 3.63. The van der Waals surface area contributed by atoms with Gasteiger partial charge in [-0.1, -0.05) is 12.2 Å². The van der Waals surface area contributed by atoms with Crippen LogP contribution in [-0.4, -0.2) is 34.3 Å². The van der Waals surface area contributed by atoms with Crippen LogP contribution in [0.25, 0.3) is 0 Å². The first-order valence-electron chi connectivity index (χ1n) is 5.12. The number of hydrogen-bond donors (Lipinski definition) is 1. The molecule has 0 aromatic carbocycles. The maximum atomic E-state index is 5.44. The van der Waals surface area contributed by atoms with Gasteiger partial charge < -0.3 is 15.2 Å². The summed E-state index contributed by atoms with van der Waals surface area (Å²) in [5.74, 6) is 0.468. The molecule has 0 amide bonds. The van der Waals surface area contributed by atoms with Crippen molar-refractivity contribution >= 4 is 17.2 Å². The maximum absolute atomic E-state index is 5.44. The van der Waals surface area contributed by atoms with Gasteiger partial charge in [0.1, 0.15) is 17.3 Å². The molecule has 0 aliphatic carbocycles. The van der Waals surface area contributed by atoms with Gasteiger partial charge >= 0.3 is 0 Å². The van der Waals surface area contributed by atoms with Gasteiger partial charge in [0.25, 0.3) is 0 Å². The fourth-order valence-corrected chi connectivity index (χ4v) is 1.58. The van der Waals surface area contributed by atoms with Gasteiger partial charge in [0.2, 0.25) is 5.88 Å². The van der Waals surface area contributed by atoms with E-state index in [0.717, 1.165) is 19.4 Å². The minimum Gasteiger partial charge on any atom is -0.474 e. The normalized spacial score (nSPS) is 19.6. The van der Waals surface area contributed by atoms with E-state index >= 15 is 0 Å². The highest BCUT2D eigenvalue weighted by atomic mass is 32.1. The number of hydrogen-bond acceptors (Lipinski definition) is 5. The highest BCUT2D eigenvalue weighted by Crippen LogP contribution is 2.13. The smallest absolute Gasteiger partial charge is 0.232 e. The van der Waals surface area contributed by atoms with Crippen LogP contribution in [0.4, 0.5) is 0 Å². The van der Waals surface area contributed by atoms with Crippen molar-refractivity contribution in [2.45, 2.75) is 18.9 Å². The van der Waals surface area contributed by atoms with Gasteiger partial charge in [-0.05, 0) is 12.8 Å². The molecule has 2 N–H and O–H groups in total. The molecular formula is C10H13N3O2S. The van der Waals surface area contributed by atoms with Crippen molar-refractivity contribution in [3.05, 3.63) is 18.1 Å². The van der Waals surface area contributed by atoms with Crippen molar-refractivity contribution in [3.63, 3.8) is 0 Å². The molecule has 16 heavy (non-hydrogen) atoms. The molecule has 0 saturated carbocycles. The lowest BCUT2D eigenvalue weighted by molar-refractivity contribution is 0.0662. The number of nitrogens with zero attached hydrogens (tertiary/aromatic N) is 2. The van der Waals surface area contributed by atoms with Crippen molar-refractivity contribution in [3.8, 4) is 5.88 Å². The van der Waals surface area contributed by atoms with E-state index in [9.17, 15) is 0 Å².